The molecule has 0 unspecified atom stereocenters. The van der Waals surface area contributed by atoms with E-state index in [-0.39, 0.29) is 18.1 Å². The number of nitriles is 1. The molecule has 1 aromatic carbocycles. The number of carbonyl (C=O) groups is 2. The molecule has 0 radical (unpaired) electrons. The molecule has 0 aromatic heterocycles. The Morgan fingerprint density at radius 1 is 1.40 bits per heavy atom. The molecule has 5 nitrogen and oxygen atoms in total. The maximum Gasteiger partial charge on any atom is 0.349 e. The van der Waals surface area contributed by atoms with E-state index < -0.39 is 5.97 Å². The predicted molar refractivity (Wildman–Crippen MR) is 75.5 cm³/mol. The molecule has 5 heteroatoms. The topological polar surface area (TPSA) is 79.2 Å². The van der Waals surface area contributed by atoms with Gasteiger partial charge in [-0.05, 0) is 23.8 Å². The molecule has 0 spiro atoms. The van der Waals surface area contributed by atoms with Crippen LogP contribution in [-0.2, 0) is 14.3 Å². The van der Waals surface area contributed by atoms with Crippen molar-refractivity contribution in [2.24, 2.45) is 0 Å². The average molecular weight is 270 g/mol. The Hall–Kier alpha value is -2.87. The van der Waals surface area contributed by atoms with E-state index in [4.69, 9.17) is 10.00 Å². The van der Waals surface area contributed by atoms with Crippen LogP contribution in [0.15, 0.2) is 42.5 Å². The number of nitrogens with zero attached hydrogens (tertiary/aromatic N) is 1. The summed E-state index contributed by atoms with van der Waals surface area (Å²) in [6.07, 6.45) is 2.85. The Bertz CT molecular complexity index is 580. The van der Waals surface area contributed by atoms with E-state index >= 15 is 0 Å². The first kappa shape index (κ1) is 15.2. The maximum absolute atomic E-state index is 11.5. The van der Waals surface area contributed by atoms with Gasteiger partial charge in [0.25, 0.3) is 0 Å². The fourth-order valence-electron chi connectivity index (χ4n) is 1.38. The van der Waals surface area contributed by atoms with E-state index in [1.54, 1.807) is 30.3 Å². The van der Waals surface area contributed by atoms with E-state index in [1.165, 1.54) is 19.1 Å². The van der Waals surface area contributed by atoms with Gasteiger partial charge < -0.3 is 10.1 Å². The van der Waals surface area contributed by atoms with Crippen molar-refractivity contribution in [1.82, 2.24) is 0 Å². The zero-order valence-corrected chi connectivity index (χ0v) is 11.1. The van der Waals surface area contributed by atoms with Gasteiger partial charge in [-0.1, -0.05) is 24.8 Å². The number of carbonyl (C=O) groups excluding carboxylic acids is 2. The monoisotopic (exact) mass is 270 g/mol. The van der Waals surface area contributed by atoms with Crippen LogP contribution in [0.2, 0.25) is 0 Å². The number of hydrogen-bond donors (Lipinski definition) is 1. The number of hydrogen-bond acceptors (Lipinski definition) is 4. The van der Waals surface area contributed by atoms with Crippen LogP contribution in [0.3, 0.4) is 0 Å². The predicted octanol–water partition coefficient (Wildman–Crippen LogP) is 2.28. The van der Waals surface area contributed by atoms with Crippen molar-refractivity contribution in [3.63, 3.8) is 0 Å². The van der Waals surface area contributed by atoms with Crippen LogP contribution in [0.4, 0.5) is 5.69 Å². The van der Waals surface area contributed by atoms with Crippen LogP contribution in [0.5, 0.6) is 0 Å². The molecule has 0 aliphatic carbocycles. The van der Waals surface area contributed by atoms with Crippen molar-refractivity contribution >= 4 is 23.6 Å². The van der Waals surface area contributed by atoms with Crippen molar-refractivity contribution in [2.75, 3.05) is 11.9 Å². The molecule has 0 heterocycles. The summed E-state index contributed by atoms with van der Waals surface area (Å²) in [6.45, 7) is 4.89. The minimum Gasteiger partial charge on any atom is -0.457 e. The lowest BCUT2D eigenvalue weighted by Crippen LogP contribution is -2.06. The Morgan fingerprint density at radius 3 is 2.55 bits per heavy atom. The summed E-state index contributed by atoms with van der Waals surface area (Å²) in [5, 5.41) is 11.6. The highest BCUT2D eigenvalue weighted by Crippen LogP contribution is 2.13. The second kappa shape index (κ2) is 7.54. The lowest BCUT2D eigenvalue weighted by molar-refractivity contribution is -0.137. The van der Waals surface area contributed by atoms with Crippen LogP contribution >= 0.6 is 0 Å². The van der Waals surface area contributed by atoms with Crippen molar-refractivity contribution in [3.05, 3.63) is 48.1 Å². The fourth-order valence-corrected chi connectivity index (χ4v) is 1.38. The molecule has 1 amide bonds. The van der Waals surface area contributed by atoms with Gasteiger partial charge in [-0.2, -0.15) is 5.26 Å². The average Bonchev–Trinajstić information content (AvgIpc) is 2.43. The highest BCUT2D eigenvalue weighted by molar-refractivity contribution is 5.98. The SMILES string of the molecule is C=CCOC(=O)/C(C#N)=C/c1ccc(NC(C)=O)cc1. The number of rotatable bonds is 5. The van der Waals surface area contributed by atoms with Gasteiger partial charge in [-0.15, -0.1) is 0 Å². The van der Waals surface area contributed by atoms with Crippen LogP contribution in [-0.4, -0.2) is 18.5 Å². The first-order valence-electron chi connectivity index (χ1n) is 5.84. The molecule has 1 aromatic rings. The summed E-state index contributed by atoms with van der Waals surface area (Å²) < 4.78 is 4.79. The van der Waals surface area contributed by atoms with Crippen LogP contribution in [0, 0.1) is 11.3 Å². The van der Waals surface area contributed by atoms with Crippen LogP contribution in [0.25, 0.3) is 6.08 Å². The largest absolute Gasteiger partial charge is 0.457 e. The molecule has 1 rings (SSSR count). The zero-order valence-electron chi connectivity index (χ0n) is 11.1. The van der Waals surface area contributed by atoms with Gasteiger partial charge in [0.1, 0.15) is 18.2 Å². The number of anilines is 1. The van der Waals surface area contributed by atoms with Gasteiger partial charge in [0.05, 0.1) is 0 Å². The van der Waals surface area contributed by atoms with E-state index in [0.29, 0.717) is 11.3 Å². The normalized spacial score (nSPS) is 10.3. The summed E-state index contributed by atoms with van der Waals surface area (Å²) in [7, 11) is 0. The highest BCUT2D eigenvalue weighted by Gasteiger charge is 2.09. The van der Waals surface area contributed by atoms with Crippen LogP contribution in [0.1, 0.15) is 12.5 Å². The van der Waals surface area contributed by atoms with Gasteiger partial charge in [-0.25, -0.2) is 4.79 Å². The molecule has 0 aliphatic rings. The molecule has 0 atom stereocenters. The summed E-state index contributed by atoms with van der Waals surface area (Å²) in [5.74, 6) is -0.864. The molecule has 20 heavy (non-hydrogen) atoms. The smallest absolute Gasteiger partial charge is 0.349 e. The van der Waals surface area contributed by atoms with E-state index in [2.05, 4.69) is 11.9 Å². The van der Waals surface area contributed by atoms with Crippen molar-refractivity contribution in [3.8, 4) is 6.07 Å². The number of benzene rings is 1. The quantitative estimate of drug-likeness (QED) is 0.385. The Labute approximate surface area is 117 Å². The summed E-state index contributed by atoms with van der Waals surface area (Å²) in [5.41, 5.74) is 1.20. The molecule has 0 saturated carbocycles. The number of esters is 1. The van der Waals surface area contributed by atoms with Gasteiger partial charge in [0.15, 0.2) is 0 Å². The minimum absolute atomic E-state index is 0.0549. The van der Waals surface area contributed by atoms with Gasteiger partial charge in [-0.3, -0.25) is 4.79 Å². The maximum atomic E-state index is 11.5. The fraction of sp³-hybridized carbons (Fsp3) is 0.133. The second-order valence-electron chi connectivity index (χ2n) is 3.86. The van der Waals surface area contributed by atoms with E-state index in [0.717, 1.165) is 0 Å². The summed E-state index contributed by atoms with van der Waals surface area (Å²) in [4.78, 5) is 22.4. The van der Waals surface area contributed by atoms with Gasteiger partial charge in [0.2, 0.25) is 5.91 Å². The highest BCUT2D eigenvalue weighted by atomic mass is 16.5. The van der Waals surface area contributed by atoms with E-state index in [9.17, 15) is 9.59 Å². The molecule has 102 valence electrons. The minimum atomic E-state index is -0.696. The third-order valence-electron chi connectivity index (χ3n) is 2.21. The van der Waals surface area contributed by atoms with Crippen molar-refractivity contribution in [2.45, 2.75) is 6.92 Å². The first-order valence-corrected chi connectivity index (χ1v) is 5.84. The molecular weight excluding hydrogens is 256 g/mol. The number of amides is 1. The standard InChI is InChI=1S/C15H14N2O3/c1-3-8-20-15(19)13(10-16)9-12-4-6-14(7-5-12)17-11(2)18/h3-7,9H,1,8H2,2H3,(H,17,18)/b13-9+. The summed E-state index contributed by atoms with van der Waals surface area (Å²) >= 11 is 0. The van der Waals surface area contributed by atoms with Gasteiger partial charge in [0, 0.05) is 12.6 Å². The van der Waals surface area contributed by atoms with Gasteiger partial charge >= 0.3 is 5.97 Å². The lowest BCUT2D eigenvalue weighted by atomic mass is 10.1. The molecule has 1 N–H and O–H groups in total. The number of ether oxygens (including phenoxy) is 1. The third kappa shape index (κ3) is 4.78. The lowest BCUT2D eigenvalue weighted by Gasteiger charge is -2.03. The molecule has 0 aliphatic heterocycles. The molecule has 0 saturated heterocycles. The Kier molecular flexibility index (Phi) is 5.73. The van der Waals surface area contributed by atoms with Crippen molar-refractivity contribution < 1.29 is 14.3 Å². The van der Waals surface area contributed by atoms with E-state index in [1.807, 2.05) is 0 Å². The molecule has 0 bridgehead atoms. The Balaban J connectivity index is 2.85. The molecule has 0 fully saturated rings. The summed E-state index contributed by atoms with van der Waals surface area (Å²) in [6, 6.07) is 8.51. The zero-order chi connectivity index (χ0) is 15.0. The first-order chi connectivity index (χ1) is 9.56. The van der Waals surface area contributed by atoms with Crippen LogP contribution < -0.4 is 5.32 Å². The van der Waals surface area contributed by atoms with Crippen molar-refractivity contribution in [1.29, 1.82) is 5.26 Å². The Morgan fingerprint density at radius 2 is 2.05 bits per heavy atom. The second-order valence-corrected chi connectivity index (χ2v) is 3.86. The number of nitrogens with one attached hydrogen (secondary N) is 1. The third-order valence-corrected chi connectivity index (χ3v) is 2.21. The molecular formula is C15H14N2O3.